The maximum absolute atomic E-state index is 13.0. The van der Waals surface area contributed by atoms with Crippen molar-refractivity contribution in [3.8, 4) is 0 Å². The van der Waals surface area contributed by atoms with E-state index >= 15 is 0 Å². The molecule has 0 fully saturated rings. The van der Waals surface area contributed by atoms with Crippen LogP contribution in [0.5, 0.6) is 0 Å². The lowest BCUT2D eigenvalue weighted by atomic mass is 10.2. The highest BCUT2D eigenvalue weighted by Gasteiger charge is 2.03. The zero-order valence-electron chi connectivity index (χ0n) is 8.54. The molecular weight excluding hydrogens is 219 g/mol. The minimum absolute atomic E-state index is 0.0886. The molecule has 84 valence electrons. The first kappa shape index (κ1) is 11.9. The summed E-state index contributed by atoms with van der Waals surface area (Å²) >= 11 is 0. The normalized spacial score (nSPS) is 11.4. The van der Waals surface area contributed by atoms with Crippen LogP contribution in [0.1, 0.15) is 5.56 Å². The van der Waals surface area contributed by atoms with Crippen LogP contribution in [0.15, 0.2) is 18.2 Å². The predicted molar refractivity (Wildman–Crippen MR) is 57.6 cm³/mol. The summed E-state index contributed by atoms with van der Waals surface area (Å²) in [5.41, 5.74) is 1.19. The van der Waals surface area contributed by atoms with Gasteiger partial charge in [-0.15, -0.1) is 0 Å². The summed E-state index contributed by atoms with van der Waals surface area (Å²) in [5, 5.41) is 2.79. The molecule has 0 saturated heterocycles. The third-order valence-corrected chi connectivity index (χ3v) is 2.45. The Morgan fingerprint density at radius 3 is 2.53 bits per heavy atom. The minimum Gasteiger partial charge on any atom is -0.388 e. The first-order valence-corrected chi connectivity index (χ1v) is 6.22. The van der Waals surface area contributed by atoms with Gasteiger partial charge in [-0.3, -0.25) is 0 Å². The van der Waals surface area contributed by atoms with Crippen molar-refractivity contribution in [2.24, 2.45) is 0 Å². The van der Waals surface area contributed by atoms with Crippen LogP contribution in [-0.4, -0.2) is 21.7 Å². The summed E-state index contributed by atoms with van der Waals surface area (Å²) in [6.07, 6.45) is 1.06. The average molecular weight is 232 g/mol. The monoisotopic (exact) mass is 232 g/mol. The third kappa shape index (κ3) is 4.26. The first-order valence-electron chi connectivity index (χ1n) is 4.32. The van der Waals surface area contributed by atoms with Crippen LogP contribution in [0, 0.1) is 5.82 Å². The van der Waals surface area contributed by atoms with Crippen molar-refractivity contribution in [2.75, 3.05) is 18.6 Å². The molecule has 0 aliphatic carbocycles. The molecular formula is C9H13FN2O2S. The van der Waals surface area contributed by atoms with Crippen molar-refractivity contribution >= 4 is 15.7 Å². The molecule has 15 heavy (non-hydrogen) atoms. The Labute approximate surface area is 88.6 Å². The van der Waals surface area contributed by atoms with Gasteiger partial charge in [0.1, 0.15) is 5.82 Å². The van der Waals surface area contributed by atoms with Gasteiger partial charge >= 0.3 is 0 Å². The van der Waals surface area contributed by atoms with Gasteiger partial charge in [-0.05, 0) is 23.8 Å². The first-order chi connectivity index (χ1) is 6.90. The van der Waals surface area contributed by atoms with Crippen LogP contribution >= 0.6 is 0 Å². The van der Waals surface area contributed by atoms with E-state index < -0.39 is 15.8 Å². The quantitative estimate of drug-likeness (QED) is 0.811. The fourth-order valence-electron chi connectivity index (χ4n) is 1.11. The topological polar surface area (TPSA) is 58.2 Å². The summed E-state index contributed by atoms with van der Waals surface area (Å²) in [4.78, 5) is 0. The summed E-state index contributed by atoms with van der Waals surface area (Å²) in [6, 6.07) is 4.31. The fraction of sp³-hybridized carbons (Fsp3) is 0.333. The molecule has 0 heterocycles. The SMILES string of the molecule is CNc1cc(F)cc(CNS(C)(=O)=O)c1. The maximum Gasteiger partial charge on any atom is 0.209 e. The molecule has 0 aliphatic rings. The molecule has 0 radical (unpaired) electrons. The number of sulfonamides is 1. The molecule has 0 atom stereocenters. The molecule has 2 N–H and O–H groups in total. The maximum atomic E-state index is 13.0. The Kier molecular flexibility index (Phi) is 3.65. The standard InChI is InChI=1S/C9H13FN2O2S/c1-11-9-4-7(3-8(10)5-9)6-12-15(2,13)14/h3-5,11-12H,6H2,1-2H3. The number of anilines is 1. The van der Waals surface area contributed by atoms with Gasteiger partial charge < -0.3 is 5.32 Å². The Morgan fingerprint density at radius 1 is 1.33 bits per heavy atom. The van der Waals surface area contributed by atoms with Crippen molar-refractivity contribution in [2.45, 2.75) is 6.54 Å². The number of rotatable bonds is 4. The van der Waals surface area contributed by atoms with E-state index in [1.165, 1.54) is 12.1 Å². The molecule has 6 heteroatoms. The molecule has 0 bridgehead atoms. The van der Waals surface area contributed by atoms with E-state index in [1.807, 2.05) is 0 Å². The molecule has 4 nitrogen and oxygen atoms in total. The van der Waals surface area contributed by atoms with Crippen LogP contribution < -0.4 is 10.0 Å². The van der Waals surface area contributed by atoms with Gasteiger partial charge in [0.15, 0.2) is 0 Å². The molecule has 0 amide bonds. The summed E-state index contributed by atoms with van der Waals surface area (Å²) in [6.45, 7) is 0.0886. The Hall–Kier alpha value is -1.14. The van der Waals surface area contributed by atoms with Crippen LogP contribution in [0.25, 0.3) is 0 Å². The second-order valence-electron chi connectivity index (χ2n) is 3.19. The van der Waals surface area contributed by atoms with Crippen molar-refractivity contribution in [3.63, 3.8) is 0 Å². The lowest BCUT2D eigenvalue weighted by Gasteiger charge is -2.06. The van der Waals surface area contributed by atoms with E-state index in [0.717, 1.165) is 6.26 Å². The largest absolute Gasteiger partial charge is 0.388 e. The smallest absolute Gasteiger partial charge is 0.209 e. The van der Waals surface area contributed by atoms with E-state index in [1.54, 1.807) is 13.1 Å². The summed E-state index contributed by atoms with van der Waals surface area (Å²) < 4.78 is 37.0. The number of benzene rings is 1. The minimum atomic E-state index is -3.25. The van der Waals surface area contributed by atoms with Gasteiger partial charge in [-0.2, -0.15) is 0 Å². The molecule has 0 unspecified atom stereocenters. The highest BCUT2D eigenvalue weighted by atomic mass is 32.2. The van der Waals surface area contributed by atoms with Gasteiger partial charge in [0, 0.05) is 19.3 Å². The van der Waals surface area contributed by atoms with Gasteiger partial charge in [0.25, 0.3) is 0 Å². The Balaban J connectivity index is 2.81. The number of nitrogens with one attached hydrogen (secondary N) is 2. The zero-order valence-corrected chi connectivity index (χ0v) is 9.36. The van der Waals surface area contributed by atoms with Crippen LogP contribution in [0.2, 0.25) is 0 Å². The molecule has 1 rings (SSSR count). The Morgan fingerprint density at radius 2 is 2.00 bits per heavy atom. The summed E-state index contributed by atoms with van der Waals surface area (Å²) in [7, 11) is -1.58. The van der Waals surface area contributed by atoms with E-state index in [9.17, 15) is 12.8 Å². The molecule has 0 saturated carbocycles. The second-order valence-corrected chi connectivity index (χ2v) is 5.02. The van der Waals surface area contributed by atoms with Crippen molar-refractivity contribution in [1.29, 1.82) is 0 Å². The number of hydrogen-bond acceptors (Lipinski definition) is 3. The van der Waals surface area contributed by atoms with Gasteiger partial charge in [0.2, 0.25) is 10.0 Å². The van der Waals surface area contributed by atoms with Crippen LogP contribution in [-0.2, 0) is 16.6 Å². The van der Waals surface area contributed by atoms with E-state index in [2.05, 4.69) is 10.0 Å². The van der Waals surface area contributed by atoms with Gasteiger partial charge in [-0.1, -0.05) is 0 Å². The second kappa shape index (κ2) is 4.59. The molecule has 1 aromatic carbocycles. The third-order valence-electron chi connectivity index (χ3n) is 1.78. The zero-order chi connectivity index (χ0) is 11.5. The molecule has 1 aromatic rings. The number of halogens is 1. The van der Waals surface area contributed by atoms with E-state index in [4.69, 9.17) is 0 Å². The fourth-order valence-corrected chi connectivity index (χ4v) is 1.54. The molecule has 0 aromatic heterocycles. The highest BCUT2D eigenvalue weighted by molar-refractivity contribution is 7.88. The summed E-state index contributed by atoms with van der Waals surface area (Å²) in [5.74, 6) is -0.396. The van der Waals surface area contributed by atoms with Gasteiger partial charge in [-0.25, -0.2) is 17.5 Å². The number of hydrogen-bond donors (Lipinski definition) is 2. The predicted octanol–water partition coefficient (Wildman–Crippen LogP) is 0.917. The van der Waals surface area contributed by atoms with Crippen LogP contribution in [0.4, 0.5) is 10.1 Å². The van der Waals surface area contributed by atoms with Crippen molar-refractivity contribution in [3.05, 3.63) is 29.6 Å². The van der Waals surface area contributed by atoms with Crippen molar-refractivity contribution in [1.82, 2.24) is 4.72 Å². The lowest BCUT2D eigenvalue weighted by molar-refractivity contribution is 0.586. The molecule has 0 aliphatic heterocycles. The average Bonchev–Trinajstić information content (AvgIpc) is 2.13. The lowest BCUT2D eigenvalue weighted by Crippen LogP contribution is -2.21. The van der Waals surface area contributed by atoms with E-state index in [-0.39, 0.29) is 6.54 Å². The van der Waals surface area contributed by atoms with Crippen molar-refractivity contribution < 1.29 is 12.8 Å². The highest BCUT2D eigenvalue weighted by Crippen LogP contribution is 2.13. The molecule has 0 spiro atoms. The van der Waals surface area contributed by atoms with Gasteiger partial charge in [0.05, 0.1) is 6.26 Å². The van der Waals surface area contributed by atoms with Crippen LogP contribution in [0.3, 0.4) is 0 Å². The van der Waals surface area contributed by atoms with E-state index in [0.29, 0.717) is 11.3 Å². The Bertz CT molecular complexity index is 445.